The molecule has 0 aliphatic rings. The van der Waals surface area contributed by atoms with Gasteiger partial charge in [0.05, 0.1) is 26.4 Å². The van der Waals surface area contributed by atoms with Crippen molar-refractivity contribution in [3.05, 3.63) is 0 Å². The van der Waals surface area contributed by atoms with Crippen molar-refractivity contribution in [3.63, 3.8) is 0 Å². The van der Waals surface area contributed by atoms with Crippen molar-refractivity contribution in [1.29, 1.82) is 0 Å². The first-order chi connectivity index (χ1) is 12.7. The number of aliphatic hydroxyl groups is 8. The summed E-state index contributed by atoms with van der Waals surface area (Å²) in [4.78, 5) is 38.1. The number of carbonyl (C=O) groups is 4. The van der Waals surface area contributed by atoms with Crippen LogP contribution in [0, 0.1) is 0 Å². The van der Waals surface area contributed by atoms with Crippen LogP contribution in [0.15, 0.2) is 0 Å². The predicted octanol–water partition coefficient (Wildman–Crippen LogP) is -6.31. The molecule has 30 heavy (non-hydrogen) atoms. The fourth-order valence-corrected chi connectivity index (χ4v) is 0.312. The van der Waals surface area contributed by atoms with E-state index in [0.717, 1.165) is 0 Å². The summed E-state index contributed by atoms with van der Waals surface area (Å²) in [5.74, 6) is -5.60. The Hall–Kier alpha value is -1.40. The molecule has 18 heteroatoms. The molecule has 0 saturated heterocycles. The Labute approximate surface area is 189 Å². The van der Waals surface area contributed by atoms with Gasteiger partial charge in [-0.2, -0.15) is 0 Å². The Bertz CT molecular complexity index is 370. The van der Waals surface area contributed by atoms with Crippen molar-refractivity contribution in [2.45, 2.75) is 24.4 Å². The molecule has 0 bridgehead atoms. The van der Waals surface area contributed by atoms with Crippen LogP contribution >= 0.6 is 0 Å². The third-order valence-corrected chi connectivity index (χ3v) is 1.83. The van der Waals surface area contributed by atoms with Gasteiger partial charge in [-0.3, -0.25) is 0 Å². The summed E-state index contributed by atoms with van der Waals surface area (Å²) >= 11 is 0. The van der Waals surface area contributed by atoms with E-state index >= 15 is 0 Å². The molecular formula is C12H24FeMnO16. The van der Waals surface area contributed by atoms with E-state index in [9.17, 15) is 19.2 Å². The minimum absolute atomic E-state index is 0. The Balaban J connectivity index is -0.0000000626. The van der Waals surface area contributed by atoms with E-state index in [1.54, 1.807) is 0 Å². The fraction of sp³-hybridized carbons (Fsp3) is 0.667. The van der Waals surface area contributed by atoms with Gasteiger partial charge in [-0.1, -0.05) is 0 Å². The zero-order valence-electron chi connectivity index (χ0n) is 14.9. The molecule has 0 aliphatic carbocycles. The standard InChI is InChI=1S/4C3H6O4.Fe.Mn/c4*4-1-2(5)3(6)7;;/h4*2,4-5H,1H2,(H,6,7);;. The van der Waals surface area contributed by atoms with Gasteiger partial charge in [0.1, 0.15) is 0 Å². The van der Waals surface area contributed by atoms with Gasteiger partial charge in [0.15, 0.2) is 24.4 Å². The summed E-state index contributed by atoms with van der Waals surface area (Å²) < 4.78 is 0. The molecule has 1 radical (unpaired) electrons. The molecule has 0 rings (SSSR count). The topological polar surface area (TPSA) is 311 Å². The summed E-state index contributed by atoms with van der Waals surface area (Å²) in [5.41, 5.74) is 0. The summed E-state index contributed by atoms with van der Waals surface area (Å²) in [6.07, 6.45) is -6.50. The third-order valence-electron chi connectivity index (χ3n) is 1.83. The summed E-state index contributed by atoms with van der Waals surface area (Å²) in [7, 11) is 0. The first kappa shape index (κ1) is 42.7. The molecule has 0 aromatic heterocycles. The molecular weight excluding hydrogens is 511 g/mol. The van der Waals surface area contributed by atoms with E-state index in [4.69, 9.17) is 61.3 Å². The number of rotatable bonds is 8. The molecule has 4 unspecified atom stereocenters. The fourth-order valence-electron chi connectivity index (χ4n) is 0.312. The van der Waals surface area contributed by atoms with E-state index < -0.39 is 74.7 Å². The van der Waals surface area contributed by atoms with Crippen LogP contribution in [0.1, 0.15) is 0 Å². The largest absolute Gasteiger partial charge is 0.479 e. The average Bonchev–Trinajstić information content (AvgIpc) is 2.66. The van der Waals surface area contributed by atoms with Crippen LogP contribution in [0.25, 0.3) is 0 Å². The first-order valence-electron chi connectivity index (χ1n) is 6.80. The molecule has 0 aliphatic heterocycles. The van der Waals surface area contributed by atoms with E-state index in [1.807, 2.05) is 0 Å². The van der Waals surface area contributed by atoms with Crippen LogP contribution in [-0.4, -0.2) is 136 Å². The van der Waals surface area contributed by atoms with Crippen LogP contribution < -0.4 is 0 Å². The predicted molar refractivity (Wildman–Crippen MR) is 82.9 cm³/mol. The summed E-state index contributed by atoms with van der Waals surface area (Å²) in [6, 6.07) is 0. The molecule has 0 saturated carbocycles. The average molecular weight is 535 g/mol. The quantitative estimate of drug-likeness (QED) is 0.129. The first-order valence-corrected chi connectivity index (χ1v) is 6.80. The second kappa shape index (κ2) is 27.6. The maximum atomic E-state index is 9.52. The molecule has 0 amide bonds. The van der Waals surface area contributed by atoms with Gasteiger partial charge in [-0.05, 0) is 0 Å². The molecule has 0 spiro atoms. The van der Waals surface area contributed by atoms with Gasteiger partial charge < -0.3 is 61.3 Å². The third kappa shape index (κ3) is 34.1. The van der Waals surface area contributed by atoms with Crippen molar-refractivity contribution in [2.75, 3.05) is 26.4 Å². The van der Waals surface area contributed by atoms with Crippen molar-refractivity contribution >= 4 is 23.9 Å². The second-order valence-electron chi connectivity index (χ2n) is 4.15. The van der Waals surface area contributed by atoms with Gasteiger partial charge in [0, 0.05) is 34.1 Å². The molecule has 0 heterocycles. The Kier molecular flexibility index (Phi) is 39.2. The zero-order chi connectivity index (χ0) is 23.4. The summed E-state index contributed by atoms with van der Waals surface area (Å²) in [6.45, 7) is -2.91. The van der Waals surface area contributed by atoms with E-state index in [0.29, 0.717) is 0 Å². The Morgan fingerprint density at radius 1 is 0.467 bits per heavy atom. The number of hydrogen-bond donors (Lipinski definition) is 12. The van der Waals surface area contributed by atoms with Crippen molar-refractivity contribution in [1.82, 2.24) is 0 Å². The number of carboxylic acid groups (broad SMARTS) is 4. The maximum absolute atomic E-state index is 9.52. The van der Waals surface area contributed by atoms with Gasteiger partial charge in [0.25, 0.3) is 0 Å². The number of aliphatic hydroxyl groups excluding tert-OH is 8. The molecule has 183 valence electrons. The number of aliphatic carboxylic acids is 4. The van der Waals surface area contributed by atoms with Crippen LogP contribution in [0.3, 0.4) is 0 Å². The Morgan fingerprint density at radius 2 is 0.567 bits per heavy atom. The monoisotopic (exact) mass is 535 g/mol. The van der Waals surface area contributed by atoms with Gasteiger partial charge >= 0.3 is 23.9 Å². The second-order valence-corrected chi connectivity index (χ2v) is 4.15. The van der Waals surface area contributed by atoms with Crippen molar-refractivity contribution in [2.24, 2.45) is 0 Å². The Morgan fingerprint density at radius 3 is 0.567 bits per heavy atom. The minimum atomic E-state index is -1.63. The minimum Gasteiger partial charge on any atom is -0.479 e. The van der Waals surface area contributed by atoms with Crippen molar-refractivity contribution in [3.8, 4) is 0 Å². The molecule has 0 fully saturated rings. The normalized spacial score (nSPS) is 12.5. The SMILES string of the molecule is O=C(O)C(O)CO.O=C(O)C(O)CO.O=C(O)C(O)CO.O=C(O)C(O)CO.[Fe].[Mn]. The molecule has 12 N–H and O–H groups in total. The van der Waals surface area contributed by atoms with E-state index in [2.05, 4.69) is 0 Å². The molecule has 16 nitrogen and oxygen atoms in total. The van der Waals surface area contributed by atoms with Gasteiger partial charge in [-0.15, -0.1) is 0 Å². The van der Waals surface area contributed by atoms with Crippen molar-refractivity contribution < 1.29 is 115 Å². The van der Waals surface area contributed by atoms with Crippen LogP contribution in [0.4, 0.5) is 0 Å². The number of carboxylic acids is 4. The van der Waals surface area contributed by atoms with Gasteiger partial charge in [-0.25, -0.2) is 19.2 Å². The zero-order valence-corrected chi connectivity index (χ0v) is 17.2. The van der Waals surface area contributed by atoms with E-state index in [1.165, 1.54) is 0 Å². The smallest absolute Gasteiger partial charge is 0.334 e. The summed E-state index contributed by atoms with van der Waals surface area (Å²) in [5, 5.41) is 94.9. The van der Waals surface area contributed by atoms with Crippen LogP contribution in [0.2, 0.25) is 0 Å². The molecule has 4 atom stereocenters. The van der Waals surface area contributed by atoms with Crippen LogP contribution in [-0.2, 0) is 53.3 Å². The van der Waals surface area contributed by atoms with Crippen LogP contribution in [0.5, 0.6) is 0 Å². The number of hydrogen-bond acceptors (Lipinski definition) is 12. The molecule has 0 aromatic carbocycles. The van der Waals surface area contributed by atoms with Gasteiger partial charge in [0.2, 0.25) is 0 Å². The maximum Gasteiger partial charge on any atom is 0.334 e. The molecule has 0 aromatic rings. The van der Waals surface area contributed by atoms with E-state index in [-0.39, 0.29) is 34.1 Å².